The molecule has 0 atom stereocenters. The van der Waals surface area contributed by atoms with Gasteiger partial charge in [0.05, 0.1) is 12.8 Å². The van der Waals surface area contributed by atoms with E-state index in [2.05, 4.69) is 20.7 Å². The molecule has 2 aromatic carbocycles. The zero-order chi connectivity index (χ0) is 24.4. The summed E-state index contributed by atoms with van der Waals surface area (Å²) in [6.07, 6.45) is 0.584. The van der Waals surface area contributed by atoms with Gasteiger partial charge in [-0.1, -0.05) is 29.0 Å². The van der Waals surface area contributed by atoms with Crippen molar-refractivity contribution in [1.82, 2.24) is 19.9 Å². The number of ether oxygens (including phenoxy) is 1. The Kier molecular flexibility index (Phi) is 6.65. The maximum atomic E-state index is 12.4. The fraction of sp³-hybridized carbons (Fsp3) is 0.280. The van der Waals surface area contributed by atoms with Crippen molar-refractivity contribution in [3.05, 3.63) is 63.7 Å². The van der Waals surface area contributed by atoms with Gasteiger partial charge in [-0.25, -0.2) is 4.52 Å². The highest BCUT2D eigenvalue weighted by Crippen LogP contribution is 2.26. The topological polar surface area (TPSA) is 97.6 Å². The summed E-state index contributed by atoms with van der Waals surface area (Å²) >= 11 is 1.53. The van der Waals surface area contributed by atoms with Gasteiger partial charge in [0.2, 0.25) is 4.96 Å². The van der Waals surface area contributed by atoms with E-state index < -0.39 is 11.8 Å². The molecule has 0 aliphatic rings. The summed E-state index contributed by atoms with van der Waals surface area (Å²) in [4.78, 5) is 31.2. The van der Waals surface area contributed by atoms with E-state index in [9.17, 15) is 9.59 Å². The van der Waals surface area contributed by atoms with E-state index in [-0.39, 0.29) is 0 Å². The van der Waals surface area contributed by atoms with Crippen LogP contribution >= 0.6 is 11.3 Å². The molecule has 2 N–H and O–H groups in total. The summed E-state index contributed by atoms with van der Waals surface area (Å²) in [7, 11) is 1.63. The lowest BCUT2D eigenvalue weighted by Gasteiger charge is -2.12. The van der Waals surface area contributed by atoms with Crippen molar-refractivity contribution in [3.8, 4) is 17.1 Å². The summed E-state index contributed by atoms with van der Waals surface area (Å²) in [5, 5.41) is 10.1. The minimum atomic E-state index is -0.668. The molecule has 2 heterocycles. The Morgan fingerprint density at radius 2 is 1.71 bits per heavy atom. The first-order valence-electron chi connectivity index (χ1n) is 10.9. The summed E-state index contributed by atoms with van der Waals surface area (Å²) in [5.74, 6) is 0.107. The lowest BCUT2D eigenvalue weighted by molar-refractivity contribution is -0.136. The van der Waals surface area contributed by atoms with Crippen molar-refractivity contribution in [2.75, 3.05) is 19.0 Å². The molecule has 4 aromatic rings. The summed E-state index contributed by atoms with van der Waals surface area (Å²) in [6, 6.07) is 11.6. The number of amides is 2. The number of fused-ring (bicyclic) bond motifs is 1. The fourth-order valence-corrected chi connectivity index (χ4v) is 4.95. The molecule has 0 radical (unpaired) electrons. The Morgan fingerprint density at radius 3 is 2.32 bits per heavy atom. The van der Waals surface area contributed by atoms with Gasteiger partial charge in [0.1, 0.15) is 5.75 Å². The fourth-order valence-electron chi connectivity index (χ4n) is 3.90. The normalized spacial score (nSPS) is 11.0. The Hall–Kier alpha value is -3.72. The van der Waals surface area contributed by atoms with Crippen LogP contribution in [0.4, 0.5) is 5.69 Å². The Bertz CT molecular complexity index is 1350. The molecule has 8 nitrogen and oxygen atoms in total. The highest BCUT2D eigenvalue weighted by atomic mass is 32.1. The minimum absolute atomic E-state index is 0.341. The summed E-state index contributed by atoms with van der Waals surface area (Å²) < 4.78 is 7.01. The Labute approximate surface area is 202 Å². The number of carbonyl (C=O) groups excluding carboxylic acids is 2. The van der Waals surface area contributed by atoms with Gasteiger partial charge in [-0.3, -0.25) is 9.59 Å². The van der Waals surface area contributed by atoms with E-state index in [1.54, 1.807) is 7.11 Å². The average molecular weight is 478 g/mol. The zero-order valence-corrected chi connectivity index (χ0v) is 20.7. The van der Waals surface area contributed by atoms with Gasteiger partial charge in [-0.15, -0.1) is 5.10 Å². The second-order valence-corrected chi connectivity index (χ2v) is 9.26. The zero-order valence-electron chi connectivity index (χ0n) is 19.9. The molecule has 0 spiro atoms. The molecule has 0 bridgehead atoms. The number of aromatic nitrogens is 3. The minimum Gasteiger partial charge on any atom is -0.497 e. The van der Waals surface area contributed by atoms with Crippen LogP contribution in [0.2, 0.25) is 0 Å². The lowest BCUT2D eigenvalue weighted by atomic mass is 10.1. The van der Waals surface area contributed by atoms with Crippen LogP contribution in [-0.4, -0.2) is 40.1 Å². The number of hydrogen-bond donors (Lipinski definition) is 2. The van der Waals surface area contributed by atoms with Crippen LogP contribution in [0.3, 0.4) is 0 Å². The molecule has 2 amide bonds. The SMILES string of the molecule is COc1ccc(-c2nc3sc(CCNC(=O)C(=O)Nc4c(C)cc(C)cc4C)c(C)n3n2)cc1. The molecule has 0 aliphatic heterocycles. The third-order valence-electron chi connectivity index (χ3n) is 5.62. The number of anilines is 1. The molecule has 0 aliphatic carbocycles. The number of aryl methyl sites for hydroxylation is 4. The quantitative estimate of drug-likeness (QED) is 0.409. The van der Waals surface area contributed by atoms with Crippen molar-refractivity contribution in [3.63, 3.8) is 0 Å². The van der Waals surface area contributed by atoms with Gasteiger partial charge in [-0.2, -0.15) is 4.98 Å². The lowest BCUT2D eigenvalue weighted by Crippen LogP contribution is -2.36. The molecule has 176 valence electrons. The van der Waals surface area contributed by atoms with Crippen molar-refractivity contribution >= 4 is 33.8 Å². The van der Waals surface area contributed by atoms with Crippen molar-refractivity contribution in [1.29, 1.82) is 0 Å². The first kappa shape index (κ1) is 23.4. The third-order valence-corrected chi connectivity index (χ3v) is 6.81. The Balaban J connectivity index is 1.37. The molecular formula is C25H27N5O3S. The molecule has 0 fully saturated rings. The van der Waals surface area contributed by atoms with Gasteiger partial charge in [-0.05, 0) is 63.1 Å². The number of thiazole rings is 1. The molecule has 34 heavy (non-hydrogen) atoms. The van der Waals surface area contributed by atoms with Crippen molar-refractivity contribution in [2.45, 2.75) is 34.1 Å². The number of nitrogens with zero attached hydrogens (tertiary/aromatic N) is 3. The number of benzene rings is 2. The van der Waals surface area contributed by atoms with E-state index in [1.807, 2.05) is 68.6 Å². The summed E-state index contributed by atoms with van der Waals surface area (Å²) in [5.41, 5.74) is 5.53. The Morgan fingerprint density at radius 1 is 1.03 bits per heavy atom. The van der Waals surface area contributed by atoms with Crippen molar-refractivity contribution in [2.24, 2.45) is 0 Å². The highest BCUT2D eigenvalue weighted by molar-refractivity contribution is 7.17. The van der Waals surface area contributed by atoms with Gasteiger partial charge in [0.15, 0.2) is 5.82 Å². The van der Waals surface area contributed by atoms with Crippen LogP contribution in [0.15, 0.2) is 36.4 Å². The van der Waals surface area contributed by atoms with Crippen LogP contribution in [0.1, 0.15) is 27.3 Å². The highest BCUT2D eigenvalue weighted by Gasteiger charge is 2.18. The maximum absolute atomic E-state index is 12.4. The van der Waals surface area contributed by atoms with E-state index in [4.69, 9.17) is 4.74 Å². The van der Waals surface area contributed by atoms with Crippen LogP contribution < -0.4 is 15.4 Å². The number of nitrogens with one attached hydrogen (secondary N) is 2. The number of hydrogen-bond acceptors (Lipinski definition) is 6. The van der Waals surface area contributed by atoms with Gasteiger partial charge < -0.3 is 15.4 Å². The van der Waals surface area contributed by atoms with Crippen molar-refractivity contribution < 1.29 is 14.3 Å². The number of carbonyl (C=O) groups is 2. The molecule has 0 unspecified atom stereocenters. The molecule has 4 rings (SSSR count). The average Bonchev–Trinajstić information content (AvgIpc) is 3.35. The molecule has 9 heteroatoms. The number of methoxy groups -OCH3 is 1. The monoisotopic (exact) mass is 477 g/mol. The first-order valence-corrected chi connectivity index (χ1v) is 11.7. The second-order valence-electron chi connectivity index (χ2n) is 8.20. The maximum Gasteiger partial charge on any atom is 0.313 e. The van der Waals surface area contributed by atoms with Gasteiger partial charge in [0.25, 0.3) is 0 Å². The smallest absolute Gasteiger partial charge is 0.313 e. The van der Waals surface area contributed by atoms with E-state index in [0.717, 1.165) is 43.5 Å². The first-order chi connectivity index (χ1) is 16.3. The molecule has 0 saturated heterocycles. The third kappa shape index (κ3) is 4.79. The van der Waals surface area contributed by atoms with Gasteiger partial charge >= 0.3 is 11.8 Å². The van der Waals surface area contributed by atoms with E-state index >= 15 is 0 Å². The molecular weight excluding hydrogens is 450 g/mol. The largest absolute Gasteiger partial charge is 0.497 e. The predicted molar refractivity (Wildman–Crippen MR) is 134 cm³/mol. The van der Waals surface area contributed by atoms with E-state index in [0.29, 0.717) is 24.5 Å². The van der Waals surface area contributed by atoms with Crippen LogP contribution in [-0.2, 0) is 16.0 Å². The van der Waals surface area contributed by atoms with Crippen LogP contribution in [0.5, 0.6) is 5.75 Å². The summed E-state index contributed by atoms with van der Waals surface area (Å²) in [6.45, 7) is 8.14. The predicted octanol–water partition coefficient (Wildman–Crippen LogP) is 4.00. The molecule has 0 saturated carbocycles. The van der Waals surface area contributed by atoms with E-state index in [1.165, 1.54) is 11.3 Å². The number of rotatable bonds is 6. The molecule has 2 aromatic heterocycles. The van der Waals surface area contributed by atoms with Gasteiger partial charge in [0, 0.05) is 29.1 Å². The second kappa shape index (κ2) is 9.64. The van der Waals surface area contributed by atoms with Crippen LogP contribution in [0.25, 0.3) is 16.3 Å². The van der Waals surface area contributed by atoms with Crippen LogP contribution in [0, 0.1) is 27.7 Å². The standard InChI is InChI=1S/C25H27N5O3S/c1-14-12-15(2)21(16(3)13-14)27-24(32)23(31)26-11-10-20-17(4)30-25(34-20)28-22(29-30)18-6-8-19(33-5)9-7-18/h6-9,12-13H,10-11H2,1-5H3,(H,26,31)(H,27,32).